The zero-order valence-corrected chi connectivity index (χ0v) is 20.5. The number of rotatable bonds is 23. The lowest BCUT2D eigenvalue weighted by molar-refractivity contribution is -0.883. The van der Waals surface area contributed by atoms with Gasteiger partial charge in [0.25, 0.3) is 0 Å². The van der Waals surface area contributed by atoms with Crippen molar-refractivity contribution in [1.82, 2.24) is 5.48 Å². The van der Waals surface area contributed by atoms with E-state index in [0.717, 1.165) is 32.2 Å². The number of carbonyl (C=O) groups is 1. The van der Waals surface area contributed by atoms with Crippen LogP contribution < -0.4 is 5.48 Å². The molecule has 180 valence electrons. The van der Waals surface area contributed by atoms with E-state index < -0.39 is 5.97 Å². The molecule has 1 atom stereocenters. The molecule has 0 heterocycles. The molecule has 5 nitrogen and oxygen atoms in total. The lowest BCUT2D eigenvalue weighted by Crippen LogP contribution is -2.44. The topological polar surface area (TPSA) is 69.6 Å². The molecule has 0 aromatic carbocycles. The number of carboxylic acids is 1. The summed E-state index contributed by atoms with van der Waals surface area (Å²) in [6.45, 7) is 3.25. The van der Waals surface area contributed by atoms with Gasteiger partial charge in [-0.05, 0) is 19.3 Å². The van der Waals surface area contributed by atoms with Crippen molar-refractivity contribution in [2.45, 2.75) is 129 Å². The number of likely N-dealkylation sites (N-methyl/N-ethyl adjacent to an activating group) is 1. The maximum Gasteiger partial charge on any atom is 0.359 e. The zero-order valence-electron chi connectivity index (χ0n) is 20.5. The van der Waals surface area contributed by atoms with Crippen molar-refractivity contribution in [2.75, 3.05) is 27.2 Å². The van der Waals surface area contributed by atoms with E-state index in [1.54, 1.807) is 0 Å². The molecular formula is C25H53N2O3+. The summed E-state index contributed by atoms with van der Waals surface area (Å²) in [7, 11) is 3.90. The predicted octanol–water partition coefficient (Wildman–Crippen LogP) is 6.54. The monoisotopic (exact) mass is 429 g/mol. The number of quaternary nitrogens is 1. The highest BCUT2D eigenvalue weighted by Gasteiger charge is 2.19. The van der Waals surface area contributed by atoms with E-state index in [2.05, 4.69) is 12.4 Å². The summed E-state index contributed by atoms with van der Waals surface area (Å²) in [6.07, 6.45) is 23.4. The normalized spacial score (nSPS) is 12.9. The maximum absolute atomic E-state index is 10.9. The Bertz CT molecular complexity index is 389. The van der Waals surface area contributed by atoms with E-state index in [0.29, 0.717) is 4.48 Å². The second kappa shape index (κ2) is 20.3. The highest BCUT2D eigenvalue weighted by Crippen LogP contribution is 2.15. The third-order valence-electron chi connectivity index (χ3n) is 6.22. The van der Waals surface area contributed by atoms with Crippen LogP contribution in [0.5, 0.6) is 0 Å². The first-order chi connectivity index (χ1) is 14.4. The smallest absolute Gasteiger partial charge is 0.359 e. The van der Waals surface area contributed by atoms with E-state index in [4.69, 9.17) is 5.11 Å². The molecule has 0 aromatic rings. The average Bonchev–Trinajstić information content (AvgIpc) is 2.68. The third-order valence-corrected chi connectivity index (χ3v) is 6.22. The number of hydroxylamine groups is 1. The number of nitrogens with zero attached hydrogens (tertiary/aromatic N) is 1. The summed E-state index contributed by atoms with van der Waals surface area (Å²) < 4.78 is 0.493. The Morgan fingerprint density at radius 3 is 1.53 bits per heavy atom. The fourth-order valence-corrected chi connectivity index (χ4v) is 4.25. The van der Waals surface area contributed by atoms with Crippen molar-refractivity contribution in [3.8, 4) is 0 Å². The number of aliphatic carboxylic acids is 1. The molecule has 0 aliphatic rings. The first kappa shape index (κ1) is 29.4. The molecule has 30 heavy (non-hydrogen) atoms. The Labute approximate surface area is 187 Å². The lowest BCUT2D eigenvalue weighted by atomic mass is 10.0. The molecule has 0 radical (unpaired) electrons. The molecular weight excluding hydrogens is 376 g/mol. The van der Waals surface area contributed by atoms with Crippen LogP contribution in [0.2, 0.25) is 0 Å². The van der Waals surface area contributed by atoms with Gasteiger partial charge in [-0.2, -0.15) is 0 Å². The molecule has 0 bridgehead atoms. The van der Waals surface area contributed by atoms with Crippen LogP contribution in [0.15, 0.2) is 0 Å². The summed E-state index contributed by atoms with van der Waals surface area (Å²) in [5.41, 5.74) is 2.46. The van der Waals surface area contributed by atoms with Crippen LogP contribution in [0.4, 0.5) is 0 Å². The van der Waals surface area contributed by atoms with Gasteiger partial charge in [-0.1, -0.05) is 103 Å². The molecule has 1 unspecified atom stereocenters. The molecule has 5 heteroatoms. The van der Waals surface area contributed by atoms with Gasteiger partial charge in [-0.3, -0.25) is 0 Å². The van der Waals surface area contributed by atoms with Gasteiger partial charge in [0.2, 0.25) is 0 Å². The lowest BCUT2D eigenvalue weighted by Gasteiger charge is -2.28. The van der Waals surface area contributed by atoms with Crippen LogP contribution >= 0.6 is 0 Å². The van der Waals surface area contributed by atoms with Crippen LogP contribution in [0.1, 0.15) is 122 Å². The number of carboxylic acid groups (broad SMARTS) is 1. The van der Waals surface area contributed by atoms with Crippen molar-refractivity contribution in [3.05, 3.63) is 0 Å². The molecule has 0 fully saturated rings. The minimum atomic E-state index is -0.755. The van der Waals surface area contributed by atoms with Gasteiger partial charge in [0.05, 0.1) is 20.6 Å². The van der Waals surface area contributed by atoms with E-state index in [-0.39, 0.29) is 12.6 Å². The summed E-state index contributed by atoms with van der Waals surface area (Å²) >= 11 is 0. The van der Waals surface area contributed by atoms with Gasteiger partial charge < -0.3 is 14.8 Å². The molecule has 0 aromatic heterocycles. The fourth-order valence-electron chi connectivity index (χ4n) is 4.25. The third kappa shape index (κ3) is 20.6. The van der Waals surface area contributed by atoms with Crippen molar-refractivity contribution in [1.29, 1.82) is 0 Å². The van der Waals surface area contributed by atoms with Crippen LogP contribution in [0, 0.1) is 0 Å². The SMILES string of the molecule is CCCCCCCCCCCCCCCCCC(CCC[N+](C)(C)CC(=O)O)NO. The fraction of sp³-hybridized carbons (Fsp3) is 0.960. The van der Waals surface area contributed by atoms with Gasteiger partial charge >= 0.3 is 5.97 Å². The number of hydrogen-bond acceptors (Lipinski definition) is 3. The van der Waals surface area contributed by atoms with Gasteiger partial charge in [-0.15, -0.1) is 0 Å². The number of nitrogens with one attached hydrogen (secondary N) is 1. The van der Waals surface area contributed by atoms with E-state index in [1.807, 2.05) is 14.1 Å². The molecule has 0 saturated heterocycles. The van der Waals surface area contributed by atoms with Crippen LogP contribution in [0.25, 0.3) is 0 Å². The van der Waals surface area contributed by atoms with Crippen LogP contribution in [0.3, 0.4) is 0 Å². The maximum atomic E-state index is 10.9. The standard InChI is InChI=1S/C25H52N2O3/c1-4-5-6-7-8-9-10-11-12-13-14-15-16-17-18-20-24(26-30)21-19-22-27(2,3)23-25(28)29/h24,26,30H,4-23H2,1-3H3/p+1. The van der Waals surface area contributed by atoms with Gasteiger partial charge in [0.15, 0.2) is 6.54 Å². The van der Waals surface area contributed by atoms with Gasteiger partial charge in [0, 0.05) is 6.04 Å². The second-order valence-electron chi connectivity index (χ2n) is 9.92. The van der Waals surface area contributed by atoms with Crippen molar-refractivity contribution < 1.29 is 19.6 Å². The molecule has 0 aliphatic heterocycles. The zero-order chi connectivity index (χ0) is 22.5. The Balaban J connectivity index is 3.44. The number of unbranched alkanes of at least 4 members (excludes halogenated alkanes) is 14. The summed E-state index contributed by atoms with van der Waals surface area (Å²) in [5, 5.41) is 18.3. The highest BCUT2D eigenvalue weighted by atomic mass is 16.5. The highest BCUT2D eigenvalue weighted by molar-refractivity contribution is 5.67. The van der Waals surface area contributed by atoms with E-state index >= 15 is 0 Å². The molecule has 3 N–H and O–H groups in total. The first-order valence-electron chi connectivity index (χ1n) is 12.8. The van der Waals surface area contributed by atoms with Gasteiger partial charge in [0.1, 0.15) is 0 Å². The summed E-state index contributed by atoms with van der Waals surface area (Å²) in [5.74, 6) is -0.755. The molecule has 0 rings (SSSR count). The van der Waals surface area contributed by atoms with Crippen molar-refractivity contribution in [3.63, 3.8) is 0 Å². The summed E-state index contributed by atoms with van der Waals surface area (Å²) in [4.78, 5) is 10.9. The Hall–Kier alpha value is -0.650. The summed E-state index contributed by atoms with van der Waals surface area (Å²) in [6, 6.07) is 0.136. The average molecular weight is 430 g/mol. The second-order valence-corrected chi connectivity index (χ2v) is 9.92. The minimum absolute atomic E-state index is 0.136. The minimum Gasteiger partial charge on any atom is -0.477 e. The largest absolute Gasteiger partial charge is 0.477 e. The van der Waals surface area contributed by atoms with Crippen molar-refractivity contribution >= 4 is 5.97 Å². The Morgan fingerprint density at radius 1 is 0.733 bits per heavy atom. The predicted molar refractivity (Wildman–Crippen MR) is 127 cm³/mol. The molecule has 0 amide bonds. The molecule has 0 saturated carbocycles. The van der Waals surface area contributed by atoms with E-state index in [1.165, 1.54) is 89.9 Å². The Kier molecular flexibility index (Phi) is 19.8. The molecule has 0 spiro atoms. The van der Waals surface area contributed by atoms with Crippen molar-refractivity contribution in [2.24, 2.45) is 0 Å². The van der Waals surface area contributed by atoms with Crippen LogP contribution in [-0.4, -0.2) is 54.0 Å². The quantitative estimate of drug-likeness (QED) is 0.0980. The van der Waals surface area contributed by atoms with Gasteiger partial charge in [-0.25, -0.2) is 10.3 Å². The number of hydrogen-bond donors (Lipinski definition) is 3. The molecule has 0 aliphatic carbocycles. The first-order valence-corrected chi connectivity index (χ1v) is 12.8. The van der Waals surface area contributed by atoms with Crippen LogP contribution in [-0.2, 0) is 4.79 Å². The van der Waals surface area contributed by atoms with E-state index in [9.17, 15) is 10.0 Å². The Morgan fingerprint density at radius 2 is 1.13 bits per heavy atom.